The van der Waals surface area contributed by atoms with Crippen LogP contribution in [0.4, 0.5) is 13.2 Å². The molecule has 0 saturated heterocycles. The molecule has 0 bridgehead atoms. The SMILES string of the molecule is O[C@H]1C[C@@H]2[C@H](C1)c1cc(C(F)(F)F)ccc1CC[C@H]2c1ccccc1. The van der Waals surface area contributed by atoms with Crippen LogP contribution in [0.5, 0.6) is 0 Å². The summed E-state index contributed by atoms with van der Waals surface area (Å²) in [6.45, 7) is 0. The Labute approximate surface area is 145 Å². The molecule has 1 N–H and O–H groups in total. The van der Waals surface area contributed by atoms with E-state index in [0.29, 0.717) is 12.8 Å². The molecule has 0 aliphatic heterocycles. The van der Waals surface area contributed by atoms with Gasteiger partial charge in [0.15, 0.2) is 0 Å². The van der Waals surface area contributed by atoms with Crippen molar-refractivity contribution in [2.75, 3.05) is 0 Å². The highest BCUT2D eigenvalue weighted by Gasteiger charge is 2.43. The van der Waals surface area contributed by atoms with Gasteiger partial charge >= 0.3 is 6.18 Å². The van der Waals surface area contributed by atoms with Crippen LogP contribution < -0.4 is 0 Å². The molecule has 25 heavy (non-hydrogen) atoms. The van der Waals surface area contributed by atoms with Gasteiger partial charge in [0.2, 0.25) is 0 Å². The van der Waals surface area contributed by atoms with E-state index in [4.69, 9.17) is 0 Å². The van der Waals surface area contributed by atoms with Gasteiger partial charge in [-0.1, -0.05) is 36.4 Å². The topological polar surface area (TPSA) is 20.2 Å². The zero-order valence-electron chi connectivity index (χ0n) is 13.8. The Bertz CT molecular complexity index is 753. The van der Waals surface area contributed by atoms with Crippen LogP contribution in [0.2, 0.25) is 0 Å². The van der Waals surface area contributed by atoms with Gasteiger partial charge in [0, 0.05) is 0 Å². The predicted octanol–water partition coefficient (Wildman–Crippen LogP) is 5.29. The molecule has 1 saturated carbocycles. The molecular weight excluding hydrogens is 325 g/mol. The number of alkyl halides is 3. The van der Waals surface area contributed by atoms with Crippen LogP contribution in [-0.2, 0) is 12.6 Å². The van der Waals surface area contributed by atoms with Crippen molar-refractivity contribution in [3.05, 3.63) is 70.8 Å². The van der Waals surface area contributed by atoms with Crippen molar-refractivity contribution in [2.45, 2.75) is 49.8 Å². The lowest BCUT2D eigenvalue weighted by atomic mass is 9.77. The zero-order chi connectivity index (χ0) is 17.6. The standard InChI is InChI=1S/C21H21F3O/c22-21(23,24)15-8-6-14-7-9-17(13-4-2-1-3-5-13)19-11-16(25)12-20(19)18(14)10-15/h1-6,8,10,16-17,19-20,25H,7,9,11-12H2/t16-,17-,19-,20+/m0/s1. The minimum absolute atomic E-state index is 0.00000567. The number of hydrogen-bond acceptors (Lipinski definition) is 1. The Morgan fingerprint density at radius 3 is 2.40 bits per heavy atom. The number of halogens is 3. The fraction of sp³-hybridized carbons (Fsp3) is 0.429. The number of fused-ring (bicyclic) bond motifs is 3. The van der Waals surface area contributed by atoms with Crippen LogP contribution in [0.3, 0.4) is 0 Å². The van der Waals surface area contributed by atoms with Crippen molar-refractivity contribution < 1.29 is 18.3 Å². The fourth-order valence-corrected chi connectivity index (χ4v) is 4.83. The number of aliphatic hydroxyl groups excluding tert-OH is 1. The number of benzene rings is 2. The van der Waals surface area contributed by atoms with E-state index in [-0.39, 0.29) is 17.8 Å². The summed E-state index contributed by atoms with van der Waals surface area (Å²) in [5.74, 6) is 0.479. The highest BCUT2D eigenvalue weighted by molar-refractivity contribution is 5.40. The Kier molecular flexibility index (Phi) is 4.11. The average Bonchev–Trinajstić information content (AvgIpc) is 2.90. The second-order valence-corrected chi connectivity index (χ2v) is 7.36. The number of rotatable bonds is 1. The Balaban J connectivity index is 1.77. The molecular formula is C21H21F3O. The summed E-state index contributed by atoms with van der Waals surface area (Å²) in [6.07, 6.45) is -1.83. The summed E-state index contributed by atoms with van der Waals surface area (Å²) in [5.41, 5.74) is 2.46. The smallest absolute Gasteiger partial charge is 0.393 e. The van der Waals surface area contributed by atoms with Gasteiger partial charge in [-0.15, -0.1) is 0 Å². The highest BCUT2D eigenvalue weighted by atomic mass is 19.4. The maximum absolute atomic E-state index is 13.2. The summed E-state index contributed by atoms with van der Waals surface area (Å²) in [6, 6.07) is 14.4. The molecule has 4 atom stereocenters. The van der Waals surface area contributed by atoms with E-state index in [2.05, 4.69) is 12.1 Å². The molecule has 0 radical (unpaired) electrons. The van der Waals surface area contributed by atoms with Gasteiger partial charge in [-0.3, -0.25) is 0 Å². The molecule has 0 unspecified atom stereocenters. The first-order valence-electron chi connectivity index (χ1n) is 8.86. The monoisotopic (exact) mass is 346 g/mol. The van der Waals surface area contributed by atoms with Gasteiger partial charge in [0.05, 0.1) is 11.7 Å². The lowest BCUT2D eigenvalue weighted by molar-refractivity contribution is -0.137. The van der Waals surface area contributed by atoms with Gasteiger partial charge in [-0.05, 0) is 72.3 Å². The van der Waals surface area contributed by atoms with Crippen molar-refractivity contribution in [1.29, 1.82) is 0 Å². The quantitative estimate of drug-likeness (QED) is 0.744. The molecule has 2 aliphatic rings. The predicted molar refractivity (Wildman–Crippen MR) is 90.4 cm³/mol. The Hall–Kier alpha value is -1.81. The molecule has 1 nitrogen and oxygen atoms in total. The van der Waals surface area contributed by atoms with Crippen LogP contribution >= 0.6 is 0 Å². The van der Waals surface area contributed by atoms with Gasteiger partial charge < -0.3 is 5.11 Å². The van der Waals surface area contributed by atoms with Crippen LogP contribution in [0.15, 0.2) is 48.5 Å². The zero-order valence-corrected chi connectivity index (χ0v) is 13.8. The molecule has 4 heteroatoms. The molecule has 132 valence electrons. The summed E-state index contributed by atoms with van der Waals surface area (Å²) >= 11 is 0. The van der Waals surface area contributed by atoms with E-state index in [9.17, 15) is 18.3 Å². The molecule has 0 aromatic heterocycles. The van der Waals surface area contributed by atoms with E-state index < -0.39 is 17.8 Å². The number of aryl methyl sites for hydroxylation is 1. The number of aliphatic hydroxyl groups is 1. The van der Waals surface area contributed by atoms with Crippen LogP contribution in [0.1, 0.15) is 53.4 Å². The maximum Gasteiger partial charge on any atom is 0.416 e. The normalized spacial score (nSPS) is 29.0. The summed E-state index contributed by atoms with van der Waals surface area (Å²) in [5, 5.41) is 10.2. The van der Waals surface area contributed by atoms with Gasteiger partial charge in [0.1, 0.15) is 0 Å². The third-order valence-corrected chi connectivity index (χ3v) is 5.93. The lowest BCUT2D eigenvalue weighted by Crippen LogP contribution is -2.15. The molecule has 0 spiro atoms. The van der Waals surface area contributed by atoms with Gasteiger partial charge in [0.25, 0.3) is 0 Å². The van der Waals surface area contributed by atoms with E-state index in [1.165, 1.54) is 17.7 Å². The minimum Gasteiger partial charge on any atom is -0.393 e. The second-order valence-electron chi connectivity index (χ2n) is 7.36. The Morgan fingerprint density at radius 2 is 1.68 bits per heavy atom. The lowest BCUT2D eigenvalue weighted by Gasteiger charge is -2.27. The molecule has 0 amide bonds. The minimum atomic E-state index is -4.33. The van der Waals surface area contributed by atoms with Crippen LogP contribution in [0.25, 0.3) is 0 Å². The Morgan fingerprint density at radius 1 is 0.920 bits per heavy atom. The highest BCUT2D eigenvalue weighted by Crippen LogP contribution is 2.52. The van der Waals surface area contributed by atoms with E-state index in [1.807, 2.05) is 18.2 Å². The molecule has 4 rings (SSSR count). The van der Waals surface area contributed by atoms with E-state index in [0.717, 1.165) is 24.0 Å². The summed E-state index contributed by atoms with van der Waals surface area (Å²) < 4.78 is 39.5. The molecule has 2 aromatic rings. The van der Waals surface area contributed by atoms with Crippen molar-refractivity contribution in [1.82, 2.24) is 0 Å². The first kappa shape index (κ1) is 16.6. The van der Waals surface area contributed by atoms with Crippen LogP contribution in [0, 0.1) is 5.92 Å². The second kappa shape index (κ2) is 6.17. The average molecular weight is 346 g/mol. The summed E-state index contributed by atoms with van der Waals surface area (Å²) in [4.78, 5) is 0. The fourth-order valence-electron chi connectivity index (χ4n) is 4.83. The van der Waals surface area contributed by atoms with E-state index in [1.54, 1.807) is 6.07 Å². The van der Waals surface area contributed by atoms with Crippen LogP contribution in [-0.4, -0.2) is 11.2 Å². The van der Waals surface area contributed by atoms with Crippen molar-refractivity contribution in [3.8, 4) is 0 Å². The molecule has 0 heterocycles. The first-order chi connectivity index (χ1) is 11.9. The third kappa shape index (κ3) is 3.08. The third-order valence-electron chi connectivity index (χ3n) is 5.93. The van der Waals surface area contributed by atoms with Gasteiger partial charge in [-0.25, -0.2) is 0 Å². The summed E-state index contributed by atoms with van der Waals surface area (Å²) in [7, 11) is 0. The number of hydrogen-bond donors (Lipinski definition) is 1. The first-order valence-corrected chi connectivity index (χ1v) is 8.86. The van der Waals surface area contributed by atoms with Crippen molar-refractivity contribution in [3.63, 3.8) is 0 Å². The maximum atomic E-state index is 13.2. The van der Waals surface area contributed by atoms with Crippen molar-refractivity contribution >= 4 is 0 Å². The molecule has 1 fully saturated rings. The van der Waals surface area contributed by atoms with E-state index >= 15 is 0 Å². The molecule has 2 aromatic carbocycles. The largest absolute Gasteiger partial charge is 0.416 e. The molecule has 2 aliphatic carbocycles. The van der Waals surface area contributed by atoms with Gasteiger partial charge in [-0.2, -0.15) is 13.2 Å². The van der Waals surface area contributed by atoms with Crippen molar-refractivity contribution in [2.24, 2.45) is 5.92 Å².